The van der Waals surface area contributed by atoms with Crippen LogP contribution < -0.4 is 10.1 Å². The highest BCUT2D eigenvalue weighted by molar-refractivity contribution is 5.88. The lowest BCUT2D eigenvalue weighted by molar-refractivity contribution is 0.0691. The van der Waals surface area contributed by atoms with Gasteiger partial charge in [-0.2, -0.15) is 0 Å². The van der Waals surface area contributed by atoms with Gasteiger partial charge in [0.15, 0.2) is 5.69 Å². The number of carboxylic acid groups (broad SMARTS) is 1. The molecule has 1 saturated carbocycles. The van der Waals surface area contributed by atoms with E-state index in [1.807, 2.05) is 6.92 Å². The Kier molecular flexibility index (Phi) is 4.68. The number of anilines is 1. The Balaban J connectivity index is 1.40. The van der Waals surface area contributed by atoms with Crippen LogP contribution >= 0.6 is 0 Å². The van der Waals surface area contributed by atoms with Crippen molar-refractivity contribution in [3.05, 3.63) is 64.9 Å². The van der Waals surface area contributed by atoms with Crippen molar-refractivity contribution in [2.75, 3.05) is 11.9 Å². The molecule has 1 aliphatic heterocycles. The molecule has 172 valence electrons. The second kappa shape index (κ2) is 7.75. The van der Waals surface area contributed by atoms with E-state index in [-0.39, 0.29) is 18.1 Å². The molecule has 2 N–H and O–H groups in total. The number of rotatable bonds is 6. The van der Waals surface area contributed by atoms with Crippen LogP contribution in [0, 0.1) is 12.7 Å². The summed E-state index contributed by atoms with van der Waals surface area (Å²) in [5.41, 5.74) is 3.77. The van der Waals surface area contributed by atoms with Crippen molar-refractivity contribution in [1.29, 1.82) is 0 Å². The topological polar surface area (TPSA) is 115 Å². The molecule has 0 bridgehead atoms. The second-order valence-electron chi connectivity index (χ2n) is 8.58. The van der Waals surface area contributed by atoms with E-state index in [1.165, 1.54) is 12.3 Å². The number of nitrogens with one attached hydrogen (secondary N) is 1. The third-order valence-electron chi connectivity index (χ3n) is 6.30. The number of fused-ring (bicyclic) bond motifs is 2. The van der Waals surface area contributed by atoms with E-state index >= 15 is 0 Å². The van der Waals surface area contributed by atoms with Gasteiger partial charge in [-0.3, -0.25) is 4.40 Å². The quantitative estimate of drug-likeness (QED) is 0.447. The van der Waals surface area contributed by atoms with Crippen molar-refractivity contribution in [1.82, 2.24) is 24.3 Å². The molecule has 0 radical (unpaired) electrons. The average molecular weight is 460 g/mol. The zero-order chi connectivity index (χ0) is 23.4. The van der Waals surface area contributed by atoms with Crippen LogP contribution in [0.5, 0.6) is 5.75 Å². The fraction of sp³-hybridized carbons (Fsp3) is 0.292. The molecule has 9 nitrogen and oxygen atoms in total. The summed E-state index contributed by atoms with van der Waals surface area (Å²) < 4.78 is 21.7. The number of carbonyl (C=O) groups is 1. The first-order chi connectivity index (χ1) is 16.5. The molecule has 1 aromatic carbocycles. The van der Waals surface area contributed by atoms with Crippen LogP contribution in [0.15, 0.2) is 30.7 Å². The van der Waals surface area contributed by atoms with E-state index in [0.29, 0.717) is 47.4 Å². The molecule has 1 fully saturated rings. The highest BCUT2D eigenvalue weighted by Crippen LogP contribution is 2.39. The smallest absolute Gasteiger partial charge is 0.356 e. The van der Waals surface area contributed by atoms with E-state index in [1.54, 1.807) is 22.9 Å². The van der Waals surface area contributed by atoms with Gasteiger partial charge in [-0.05, 0) is 31.9 Å². The fourth-order valence-corrected chi connectivity index (χ4v) is 4.36. The summed E-state index contributed by atoms with van der Waals surface area (Å²) in [6.45, 7) is 2.58. The fourth-order valence-electron chi connectivity index (χ4n) is 4.36. The molecular weight excluding hydrogens is 439 g/mol. The number of hydrogen-bond donors (Lipinski definition) is 2. The summed E-state index contributed by atoms with van der Waals surface area (Å²) in [4.78, 5) is 29.7. The highest BCUT2D eigenvalue weighted by Gasteiger charge is 2.27. The molecule has 4 aromatic rings. The zero-order valence-electron chi connectivity index (χ0n) is 18.4. The molecule has 34 heavy (non-hydrogen) atoms. The lowest BCUT2D eigenvalue weighted by Gasteiger charge is -2.13. The summed E-state index contributed by atoms with van der Waals surface area (Å²) in [5, 5.41) is 12.7. The number of aryl methyl sites for hydroxylation is 1. The Morgan fingerprint density at radius 2 is 2.06 bits per heavy atom. The maximum absolute atomic E-state index is 14.6. The molecule has 0 unspecified atom stereocenters. The molecule has 2 aliphatic rings. The van der Waals surface area contributed by atoms with Crippen molar-refractivity contribution in [2.45, 2.75) is 38.6 Å². The highest BCUT2D eigenvalue weighted by atomic mass is 19.1. The monoisotopic (exact) mass is 460 g/mol. The lowest BCUT2D eigenvalue weighted by atomic mass is 10.0. The normalized spacial score (nSPS) is 14.8. The Hall–Kier alpha value is -4.08. The number of hydrogen-bond acceptors (Lipinski definition) is 7. The first-order valence-corrected chi connectivity index (χ1v) is 11.1. The van der Waals surface area contributed by atoms with Crippen LogP contribution in [0.2, 0.25) is 0 Å². The van der Waals surface area contributed by atoms with Gasteiger partial charge in [-0.25, -0.2) is 29.1 Å². The maximum atomic E-state index is 14.6. The summed E-state index contributed by atoms with van der Waals surface area (Å²) in [6.07, 6.45) is 7.61. The summed E-state index contributed by atoms with van der Waals surface area (Å²) in [7, 11) is 0. The molecule has 0 saturated heterocycles. The van der Waals surface area contributed by atoms with E-state index in [9.17, 15) is 14.3 Å². The first kappa shape index (κ1) is 20.5. The van der Waals surface area contributed by atoms with E-state index < -0.39 is 5.97 Å². The minimum atomic E-state index is -1.15. The third-order valence-corrected chi connectivity index (χ3v) is 6.30. The number of carboxylic acids is 1. The molecule has 10 heteroatoms. The third kappa shape index (κ3) is 3.42. The SMILES string of the molecule is Cc1nc(C2CC2)ncc1-c1cnc(NCc2c(F)ccc3c2CCO3)n2cc(C(=O)O)nc12. The maximum Gasteiger partial charge on any atom is 0.356 e. The Labute approximate surface area is 193 Å². The van der Waals surface area contributed by atoms with Gasteiger partial charge < -0.3 is 15.2 Å². The second-order valence-corrected chi connectivity index (χ2v) is 8.58. The number of halogens is 1. The molecular formula is C24H21FN6O3. The molecule has 0 spiro atoms. The predicted molar refractivity (Wildman–Crippen MR) is 121 cm³/mol. The number of ether oxygens (including phenoxy) is 1. The van der Waals surface area contributed by atoms with Gasteiger partial charge in [0.2, 0.25) is 5.95 Å². The van der Waals surface area contributed by atoms with Gasteiger partial charge in [0.1, 0.15) is 23.0 Å². The molecule has 3 aromatic heterocycles. The minimum Gasteiger partial charge on any atom is -0.493 e. The van der Waals surface area contributed by atoms with Gasteiger partial charge in [0, 0.05) is 65.4 Å². The summed E-state index contributed by atoms with van der Waals surface area (Å²) in [5.74, 6) is 0.814. The Morgan fingerprint density at radius 3 is 2.82 bits per heavy atom. The van der Waals surface area contributed by atoms with Crippen molar-refractivity contribution in [2.24, 2.45) is 0 Å². The van der Waals surface area contributed by atoms with Crippen LogP contribution in [-0.2, 0) is 13.0 Å². The molecule has 6 rings (SSSR count). The van der Waals surface area contributed by atoms with Crippen molar-refractivity contribution in [3.8, 4) is 16.9 Å². The minimum absolute atomic E-state index is 0.120. The number of aromatic nitrogens is 5. The first-order valence-electron chi connectivity index (χ1n) is 11.1. The van der Waals surface area contributed by atoms with E-state index in [2.05, 4.69) is 25.3 Å². The van der Waals surface area contributed by atoms with Crippen LogP contribution in [-0.4, -0.2) is 42.0 Å². The molecule has 0 amide bonds. The van der Waals surface area contributed by atoms with E-state index in [0.717, 1.165) is 35.5 Å². The van der Waals surface area contributed by atoms with Gasteiger partial charge in [0.05, 0.1) is 6.61 Å². The van der Waals surface area contributed by atoms with Crippen molar-refractivity contribution < 1.29 is 19.0 Å². The Bertz CT molecular complexity index is 1460. The van der Waals surface area contributed by atoms with Crippen LogP contribution in [0.1, 0.15) is 51.9 Å². The Morgan fingerprint density at radius 1 is 1.24 bits per heavy atom. The molecule has 4 heterocycles. The molecule has 1 aliphatic carbocycles. The van der Waals surface area contributed by atoms with Crippen LogP contribution in [0.25, 0.3) is 16.8 Å². The number of imidazole rings is 1. The largest absolute Gasteiger partial charge is 0.493 e. The molecule has 0 atom stereocenters. The van der Waals surface area contributed by atoms with Crippen molar-refractivity contribution >= 4 is 17.6 Å². The predicted octanol–water partition coefficient (Wildman–Crippen LogP) is 3.76. The number of aromatic carboxylic acids is 1. The van der Waals surface area contributed by atoms with E-state index in [4.69, 9.17) is 4.74 Å². The zero-order valence-corrected chi connectivity index (χ0v) is 18.4. The lowest BCUT2D eigenvalue weighted by Crippen LogP contribution is -2.10. The van der Waals surface area contributed by atoms with Crippen LogP contribution in [0.4, 0.5) is 10.3 Å². The van der Waals surface area contributed by atoms with Gasteiger partial charge in [0.25, 0.3) is 0 Å². The number of benzene rings is 1. The van der Waals surface area contributed by atoms with Crippen molar-refractivity contribution in [3.63, 3.8) is 0 Å². The summed E-state index contributed by atoms with van der Waals surface area (Å²) >= 11 is 0. The van der Waals surface area contributed by atoms with Crippen LogP contribution in [0.3, 0.4) is 0 Å². The standard InChI is InChI=1S/C24H21FN6O3/c1-12-15(8-26-21(29-12)13-2-3-13)17-10-28-24(31-11-19(23(32)33)30-22(17)31)27-9-16-14-6-7-34-20(14)5-4-18(16)25/h4-5,8,10-11,13H,2-3,6-7,9H2,1H3,(H,27,28)(H,32,33). The number of nitrogens with zero attached hydrogens (tertiary/aromatic N) is 5. The van der Waals surface area contributed by atoms with Gasteiger partial charge in [-0.1, -0.05) is 0 Å². The van der Waals surface area contributed by atoms with Gasteiger partial charge in [-0.15, -0.1) is 0 Å². The summed E-state index contributed by atoms with van der Waals surface area (Å²) in [6, 6.07) is 3.03. The average Bonchev–Trinajstić information content (AvgIpc) is 3.38. The van der Waals surface area contributed by atoms with Gasteiger partial charge >= 0.3 is 5.97 Å².